The third-order valence-corrected chi connectivity index (χ3v) is 4.92. The first-order valence-corrected chi connectivity index (χ1v) is 9.30. The average molecular weight is 418 g/mol. The van der Waals surface area contributed by atoms with Crippen LogP contribution in [0.25, 0.3) is 0 Å². The molecule has 2 N–H and O–H groups in total. The highest BCUT2D eigenvalue weighted by molar-refractivity contribution is 7.07. The number of rotatable bonds is 3. The lowest BCUT2D eigenvalue weighted by Crippen LogP contribution is -2.28. The standard InChI is InChI=1S/C20H17F3N4OS/c1-12-11-18(24)27(29-12)19(25-16-7-3-14(4-8-16)13(2)28)26-17-9-5-15(6-10-17)20(21,22)23/h3-11,24H,1-2H3,(H,25,26). The molecule has 2 aromatic carbocycles. The summed E-state index contributed by atoms with van der Waals surface area (Å²) in [5.74, 6) is 0.204. The van der Waals surface area contributed by atoms with Crippen LogP contribution in [0.2, 0.25) is 0 Å². The Balaban J connectivity index is 1.99. The van der Waals surface area contributed by atoms with Crippen LogP contribution in [0.4, 0.5) is 24.5 Å². The van der Waals surface area contributed by atoms with E-state index in [-0.39, 0.29) is 17.2 Å². The number of aromatic nitrogens is 1. The van der Waals surface area contributed by atoms with Gasteiger partial charge in [0.1, 0.15) is 5.49 Å². The Hall–Kier alpha value is -3.20. The number of hydrogen-bond acceptors (Lipinski definition) is 4. The van der Waals surface area contributed by atoms with Crippen LogP contribution in [0.1, 0.15) is 27.7 Å². The molecule has 150 valence electrons. The molecule has 0 bridgehead atoms. The van der Waals surface area contributed by atoms with Crippen LogP contribution in [0.15, 0.2) is 59.6 Å². The molecule has 0 aliphatic carbocycles. The van der Waals surface area contributed by atoms with Gasteiger partial charge in [-0.05, 0) is 68.4 Å². The second kappa shape index (κ2) is 8.04. The lowest BCUT2D eigenvalue weighted by molar-refractivity contribution is -0.137. The third kappa shape index (κ3) is 5.00. The zero-order valence-corrected chi connectivity index (χ0v) is 16.4. The molecule has 0 aliphatic heterocycles. The number of halogens is 3. The molecular formula is C20H17F3N4OS. The van der Waals surface area contributed by atoms with E-state index in [1.165, 1.54) is 34.5 Å². The normalized spacial score (nSPS) is 12.1. The van der Waals surface area contributed by atoms with Crippen LogP contribution in [0.3, 0.4) is 0 Å². The summed E-state index contributed by atoms with van der Waals surface area (Å²) in [6, 6.07) is 12.8. The van der Waals surface area contributed by atoms with E-state index in [1.54, 1.807) is 30.3 Å². The molecule has 5 nitrogen and oxygen atoms in total. The summed E-state index contributed by atoms with van der Waals surface area (Å²) in [6.07, 6.45) is -4.42. The minimum Gasteiger partial charge on any atom is -0.325 e. The zero-order valence-electron chi connectivity index (χ0n) is 15.5. The predicted octanol–water partition coefficient (Wildman–Crippen LogP) is 5.21. The molecule has 0 amide bonds. The molecule has 9 heteroatoms. The highest BCUT2D eigenvalue weighted by Gasteiger charge is 2.29. The maximum absolute atomic E-state index is 12.8. The van der Waals surface area contributed by atoms with Gasteiger partial charge in [0.2, 0.25) is 5.96 Å². The zero-order chi connectivity index (χ0) is 21.2. The number of aliphatic imine (C=N–C) groups is 1. The number of alkyl halides is 3. The van der Waals surface area contributed by atoms with Gasteiger partial charge < -0.3 is 5.32 Å². The first-order chi connectivity index (χ1) is 13.6. The molecule has 1 heterocycles. The summed E-state index contributed by atoms with van der Waals surface area (Å²) in [6.45, 7) is 3.31. The molecule has 3 aromatic rings. The highest BCUT2D eigenvalue weighted by atomic mass is 32.1. The number of ketones is 1. The van der Waals surface area contributed by atoms with E-state index in [1.807, 2.05) is 6.92 Å². The molecule has 0 saturated carbocycles. The third-order valence-electron chi connectivity index (χ3n) is 3.96. The SMILES string of the molecule is CC(=O)c1ccc(NC(=Nc2ccc(C(F)(F)F)cc2)n2sc(C)cc2=N)cc1. The smallest absolute Gasteiger partial charge is 0.325 e. The van der Waals surface area contributed by atoms with Crippen LogP contribution in [-0.2, 0) is 6.18 Å². The maximum atomic E-state index is 12.8. The molecular weight excluding hydrogens is 401 g/mol. The van der Waals surface area contributed by atoms with Gasteiger partial charge in [0.05, 0.1) is 11.3 Å². The quantitative estimate of drug-likeness (QED) is 0.348. The van der Waals surface area contributed by atoms with Crippen molar-refractivity contribution >= 4 is 34.7 Å². The van der Waals surface area contributed by atoms with Gasteiger partial charge in [-0.15, -0.1) is 0 Å². The van der Waals surface area contributed by atoms with Gasteiger partial charge in [-0.3, -0.25) is 10.2 Å². The van der Waals surface area contributed by atoms with Crippen molar-refractivity contribution in [2.24, 2.45) is 4.99 Å². The number of carbonyl (C=O) groups excluding carboxylic acids is 1. The summed E-state index contributed by atoms with van der Waals surface area (Å²) in [5.41, 5.74) is 0.910. The van der Waals surface area contributed by atoms with Gasteiger partial charge in [0.25, 0.3) is 0 Å². The molecule has 1 aromatic heterocycles. The molecule has 0 radical (unpaired) electrons. The maximum Gasteiger partial charge on any atom is 0.416 e. The van der Waals surface area contributed by atoms with Crippen LogP contribution in [0.5, 0.6) is 0 Å². The first-order valence-electron chi connectivity index (χ1n) is 8.52. The molecule has 0 unspecified atom stereocenters. The monoisotopic (exact) mass is 418 g/mol. The second-order valence-electron chi connectivity index (χ2n) is 6.26. The number of Topliss-reactive ketones (excluding diaryl/α,β-unsaturated/α-hetero) is 1. The van der Waals surface area contributed by atoms with Crippen LogP contribution >= 0.6 is 11.5 Å². The van der Waals surface area contributed by atoms with Gasteiger partial charge in [-0.25, -0.2) is 8.95 Å². The molecule has 0 spiro atoms. The van der Waals surface area contributed by atoms with E-state index in [0.717, 1.165) is 17.0 Å². The fourth-order valence-corrected chi connectivity index (χ4v) is 3.29. The molecule has 0 aliphatic rings. The molecule has 0 atom stereocenters. The largest absolute Gasteiger partial charge is 0.416 e. The van der Waals surface area contributed by atoms with Crippen molar-refractivity contribution in [3.05, 3.63) is 76.1 Å². The minimum atomic E-state index is -4.42. The van der Waals surface area contributed by atoms with Crippen molar-refractivity contribution in [1.82, 2.24) is 3.96 Å². The van der Waals surface area contributed by atoms with Gasteiger partial charge in [-0.1, -0.05) is 11.5 Å². The Bertz CT molecular complexity index is 1110. The van der Waals surface area contributed by atoms with Crippen molar-refractivity contribution in [1.29, 1.82) is 5.41 Å². The van der Waals surface area contributed by atoms with Gasteiger partial charge in [-0.2, -0.15) is 13.2 Å². The molecule has 0 saturated heterocycles. The Labute approximate surface area is 168 Å². The lowest BCUT2D eigenvalue weighted by Gasteiger charge is -2.11. The number of nitrogens with zero attached hydrogens (tertiary/aromatic N) is 2. The van der Waals surface area contributed by atoms with E-state index in [2.05, 4.69) is 10.3 Å². The minimum absolute atomic E-state index is 0.0631. The van der Waals surface area contributed by atoms with E-state index < -0.39 is 11.7 Å². The summed E-state index contributed by atoms with van der Waals surface area (Å²) < 4.78 is 39.9. The Morgan fingerprint density at radius 3 is 2.21 bits per heavy atom. The molecule has 0 fully saturated rings. The van der Waals surface area contributed by atoms with Crippen molar-refractivity contribution in [3.8, 4) is 0 Å². The molecule has 29 heavy (non-hydrogen) atoms. The van der Waals surface area contributed by atoms with Crippen LogP contribution in [-0.4, -0.2) is 15.7 Å². The number of nitrogens with one attached hydrogen (secondary N) is 2. The van der Waals surface area contributed by atoms with Gasteiger partial charge in [0.15, 0.2) is 5.78 Å². The predicted molar refractivity (Wildman–Crippen MR) is 107 cm³/mol. The fraction of sp³-hybridized carbons (Fsp3) is 0.150. The van der Waals surface area contributed by atoms with E-state index in [4.69, 9.17) is 5.41 Å². The van der Waals surface area contributed by atoms with Crippen LogP contribution < -0.4 is 10.8 Å². The van der Waals surface area contributed by atoms with E-state index >= 15 is 0 Å². The lowest BCUT2D eigenvalue weighted by atomic mass is 10.1. The fourth-order valence-electron chi connectivity index (χ4n) is 2.52. The van der Waals surface area contributed by atoms with Crippen molar-refractivity contribution in [2.45, 2.75) is 20.0 Å². The number of benzene rings is 2. The first kappa shape index (κ1) is 20.5. The topological polar surface area (TPSA) is 70.2 Å². The van der Waals surface area contributed by atoms with E-state index in [0.29, 0.717) is 16.9 Å². The number of carbonyl (C=O) groups is 1. The van der Waals surface area contributed by atoms with Crippen molar-refractivity contribution in [3.63, 3.8) is 0 Å². The second-order valence-corrected chi connectivity index (χ2v) is 7.46. The summed E-state index contributed by atoms with van der Waals surface area (Å²) in [4.78, 5) is 16.7. The van der Waals surface area contributed by atoms with Crippen molar-refractivity contribution < 1.29 is 18.0 Å². The summed E-state index contributed by atoms with van der Waals surface area (Å²) in [7, 11) is 0. The Morgan fingerprint density at radius 1 is 1.10 bits per heavy atom. The van der Waals surface area contributed by atoms with Gasteiger partial charge >= 0.3 is 6.18 Å². The average Bonchev–Trinajstić information content (AvgIpc) is 2.99. The van der Waals surface area contributed by atoms with Crippen molar-refractivity contribution in [2.75, 3.05) is 5.32 Å². The number of aryl methyl sites for hydroxylation is 1. The number of anilines is 1. The summed E-state index contributed by atoms with van der Waals surface area (Å²) >= 11 is 1.28. The highest BCUT2D eigenvalue weighted by Crippen LogP contribution is 2.30. The molecule has 3 rings (SSSR count). The Kier molecular flexibility index (Phi) is 5.69. The summed E-state index contributed by atoms with van der Waals surface area (Å²) in [5, 5.41) is 11.2. The van der Waals surface area contributed by atoms with E-state index in [9.17, 15) is 18.0 Å². The number of hydrogen-bond donors (Lipinski definition) is 2. The Morgan fingerprint density at radius 2 is 1.72 bits per heavy atom. The van der Waals surface area contributed by atoms with Gasteiger partial charge in [0, 0.05) is 16.1 Å². The van der Waals surface area contributed by atoms with Crippen LogP contribution in [0, 0.1) is 12.3 Å².